The lowest BCUT2D eigenvalue weighted by Crippen LogP contribution is -2.53. The summed E-state index contributed by atoms with van der Waals surface area (Å²) in [6.07, 6.45) is -12.0. The number of anilines is 1. The number of carbonyl (C=O) groups excluding carboxylic acids is 1. The average Bonchev–Trinajstić information content (AvgIpc) is 3.25. The fourth-order valence-electron chi connectivity index (χ4n) is 2.91. The number of carboxylic acid groups (broad SMARTS) is 1. The van der Waals surface area contributed by atoms with Crippen LogP contribution in [0, 0.1) is 0 Å². The fourth-order valence-corrected chi connectivity index (χ4v) is 4.22. The molecule has 186 valence electrons. The first-order valence-electron chi connectivity index (χ1n) is 9.37. The SMILES string of the molecule is O=C(O)c1ccc(CN(C(=O)c2ccc(Br)cc2)c2ncc(C(O)(C(F)(F)F)C(F)(F)F)s2)cc1. The molecular formula is C21H13BrF6N2O4S. The largest absolute Gasteiger partial charge is 0.478 e. The van der Waals surface area contributed by atoms with E-state index in [0.29, 0.717) is 10.0 Å². The Hall–Kier alpha value is -2.97. The Bertz CT molecular complexity index is 1210. The maximum Gasteiger partial charge on any atom is 0.431 e. The second-order valence-corrected chi connectivity index (χ2v) is 9.04. The molecule has 0 aliphatic rings. The summed E-state index contributed by atoms with van der Waals surface area (Å²) in [5, 5.41) is 18.1. The van der Waals surface area contributed by atoms with Gasteiger partial charge >= 0.3 is 18.3 Å². The van der Waals surface area contributed by atoms with E-state index >= 15 is 0 Å². The molecule has 0 radical (unpaired) electrons. The van der Waals surface area contributed by atoms with Gasteiger partial charge in [-0.15, -0.1) is 0 Å². The third-order valence-electron chi connectivity index (χ3n) is 4.78. The van der Waals surface area contributed by atoms with Gasteiger partial charge in [0.05, 0.1) is 17.0 Å². The normalized spacial score (nSPS) is 12.5. The van der Waals surface area contributed by atoms with E-state index in [9.17, 15) is 41.0 Å². The molecule has 0 bridgehead atoms. The molecule has 2 N–H and O–H groups in total. The Kier molecular flexibility index (Phi) is 7.29. The molecule has 0 unspecified atom stereocenters. The number of alkyl halides is 6. The molecule has 6 nitrogen and oxygen atoms in total. The van der Waals surface area contributed by atoms with Crippen LogP contribution in [0.3, 0.4) is 0 Å². The monoisotopic (exact) mass is 582 g/mol. The van der Waals surface area contributed by atoms with Gasteiger partial charge in [-0.25, -0.2) is 9.78 Å². The summed E-state index contributed by atoms with van der Waals surface area (Å²) in [6, 6.07) is 10.9. The van der Waals surface area contributed by atoms with Crippen LogP contribution in [0.2, 0.25) is 0 Å². The number of halogens is 7. The van der Waals surface area contributed by atoms with Gasteiger partial charge in [-0.05, 0) is 42.0 Å². The number of thiazole rings is 1. The fraction of sp³-hybridized carbons (Fsp3) is 0.190. The molecule has 0 atom stereocenters. The zero-order chi connectivity index (χ0) is 26.2. The molecule has 0 saturated carbocycles. The molecule has 3 rings (SSSR count). The highest BCUT2D eigenvalue weighted by Crippen LogP contribution is 2.52. The van der Waals surface area contributed by atoms with Crippen LogP contribution in [-0.4, -0.2) is 39.4 Å². The van der Waals surface area contributed by atoms with Crippen molar-refractivity contribution < 1.29 is 46.1 Å². The standard InChI is InChI=1S/C21H13BrF6N2O4S/c22-14-7-5-12(6-8-14)16(31)30(10-11-1-3-13(4-2-11)17(32)33)18-29-9-15(35-18)19(34,20(23,24)25)21(26,27)28/h1-9,34H,10H2,(H,32,33). The number of nitrogens with zero attached hydrogens (tertiary/aromatic N) is 2. The predicted molar refractivity (Wildman–Crippen MR) is 116 cm³/mol. The van der Waals surface area contributed by atoms with E-state index < -0.39 is 39.8 Å². The number of carboxylic acids is 1. The molecule has 14 heteroatoms. The van der Waals surface area contributed by atoms with E-state index in [4.69, 9.17) is 5.11 Å². The van der Waals surface area contributed by atoms with Crippen LogP contribution in [0.1, 0.15) is 31.2 Å². The molecule has 3 aromatic rings. The maximum atomic E-state index is 13.3. The number of benzene rings is 2. The van der Waals surface area contributed by atoms with E-state index in [1.165, 1.54) is 48.5 Å². The van der Waals surface area contributed by atoms with Crippen molar-refractivity contribution in [1.29, 1.82) is 0 Å². The van der Waals surface area contributed by atoms with Crippen LogP contribution < -0.4 is 4.90 Å². The highest BCUT2D eigenvalue weighted by Gasteiger charge is 2.72. The van der Waals surface area contributed by atoms with Gasteiger partial charge in [-0.2, -0.15) is 26.3 Å². The second kappa shape index (κ2) is 9.59. The molecule has 2 aromatic carbocycles. The summed E-state index contributed by atoms with van der Waals surface area (Å²) >= 11 is 3.04. The van der Waals surface area contributed by atoms with Crippen molar-refractivity contribution in [3.8, 4) is 0 Å². The van der Waals surface area contributed by atoms with Gasteiger partial charge in [0.15, 0.2) is 5.13 Å². The second-order valence-electron chi connectivity index (χ2n) is 7.11. The van der Waals surface area contributed by atoms with Crippen molar-refractivity contribution in [3.05, 3.63) is 80.8 Å². The predicted octanol–water partition coefficient (Wildman–Crippen LogP) is 5.76. The summed E-state index contributed by atoms with van der Waals surface area (Å²) in [4.78, 5) is 27.1. The number of amides is 1. The van der Waals surface area contributed by atoms with E-state index in [1.54, 1.807) is 0 Å². The Labute approximate surface area is 205 Å². The quantitative estimate of drug-likeness (QED) is 0.360. The van der Waals surface area contributed by atoms with E-state index in [1.807, 2.05) is 0 Å². The van der Waals surface area contributed by atoms with Gasteiger partial charge in [0.2, 0.25) is 0 Å². The van der Waals surface area contributed by atoms with Crippen molar-refractivity contribution in [1.82, 2.24) is 4.98 Å². The molecule has 0 saturated heterocycles. The molecule has 1 amide bonds. The van der Waals surface area contributed by atoms with Gasteiger partial charge in [0.1, 0.15) is 0 Å². The topological polar surface area (TPSA) is 90.7 Å². The zero-order valence-corrected chi connectivity index (χ0v) is 19.5. The van der Waals surface area contributed by atoms with E-state index in [0.717, 1.165) is 4.90 Å². The molecule has 0 aliphatic heterocycles. The Morgan fingerprint density at radius 2 is 1.43 bits per heavy atom. The van der Waals surface area contributed by atoms with Crippen LogP contribution in [-0.2, 0) is 12.1 Å². The first-order chi connectivity index (χ1) is 16.1. The smallest absolute Gasteiger partial charge is 0.431 e. The van der Waals surface area contributed by atoms with Gasteiger partial charge in [0, 0.05) is 16.2 Å². The lowest BCUT2D eigenvalue weighted by Gasteiger charge is -2.30. The minimum Gasteiger partial charge on any atom is -0.478 e. The van der Waals surface area contributed by atoms with Crippen LogP contribution in [0.15, 0.2) is 59.2 Å². The Balaban J connectivity index is 2.07. The highest BCUT2D eigenvalue weighted by atomic mass is 79.9. The van der Waals surface area contributed by atoms with Crippen molar-refractivity contribution in [2.75, 3.05) is 4.90 Å². The minimum absolute atomic E-state index is 0.0500. The van der Waals surface area contributed by atoms with Gasteiger partial charge in [-0.3, -0.25) is 9.69 Å². The molecule has 1 aromatic heterocycles. The molecule has 0 spiro atoms. The zero-order valence-electron chi connectivity index (χ0n) is 17.1. The summed E-state index contributed by atoms with van der Waals surface area (Å²) in [5.74, 6) is -2.02. The number of aromatic carboxylic acids is 1. The number of hydrogen-bond acceptors (Lipinski definition) is 5. The third-order valence-corrected chi connectivity index (χ3v) is 6.44. The third kappa shape index (κ3) is 5.33. The minimum atomic E-state index is -6.11. The number of hydrogen-bond donors (Lipinski definition) is 2. The van der Waals surface area contributed by atoms with Crippen molar-refractivity contribution >= 4 is 44.3 Å². The van der Waals surface area contributed by atoms with Crippen LogP contribution in [0.4, 0.5) is 31.5 Å². The Morgan fingerprint density at radius 1 is 0.914 bits per heavy atom. The Morgan fingerprint density at radius 3 is 1.91 bits per heavy atom. The summed E-state index contributed by atoms with van der Waals surface area (Å²) in [6.45, 7) is -0.363. The first kappa shape index (κ1) is 26.6. The van der Waals surface area contributed by atoms with Gasteiger partial charge in [-0.1, -0.05) is 39.4 Å². The van der Waals surface area contributed by atoms with Crippen LogP contribution in [0.25, 0.3) is 0 Å². The molecule has 0 aliphatic carbocycles. The van der Waals surface area contributed by atoms with Crippen molar-refractivity contribution in [2.45, 2.75) is 24.5 Å². The van der Waals surface area contributed by atoms with Crippen LogP contribution >= 0.6 is 27.3 Å². The number of aromatic nitrogens is 1. The van der Waals surface area contributed by atoms with Crippen molar-refractivity contribution in [2.24, 2.45) is 0 Å². The number of carbonyl (C=O) groups is 2. The molecule has 0 fully saturated rings. The molecular weight excluding hydrogens is 570 g/mol. The average molecular weight is 583 g/mol. The number of aliphatic hydroxyl groups is 1. The van der Waals surface area contributed by atoms with E-state index in [-0.39, 0.29) is 35.2 Å². The molecule has 1 heterocycles. The van der Waals surface area contributed by atoms with Crippen molar-refractivity contribution in [3.63, 3.8) is 0 Å². The van der Waals surface area contributed by atoms with Crippen LogP contribution in [0.5, 0.6) is 0 Å². The van der Waals surface area contributed by atoms with Gasteiger partial charge < -0.3 is 10.2 Å². The summed E-state index contributed by atoms with van der Waals surface area (Å²) in [5.41, 5.74) is -4.89. The number of rotatable bonds is 6. The summed E-state index contributed by atoms with van der Waals surface area (Å²) < 4.78 is 80.3. The first-order valence-corrected chi connectivity index (χ1v) is 11.0. The van der Waals surface area contributed by atoms with Gasteiger partial charge in [0.25, 0.3) is 11.5 Å². The highest BCUT2D eigenvalue weighted by molar-refractivity contribution is 9.10. The maximum absolute atomic E-state index is 13.3. The lowest BCUT2D eigenvalue weighted by molar-refractivity contribution is -0.375. The lowest BCUT2D eigenvalue weighted by atomic mass is 10.0. The summed E-state index contributed by atoms with van der Waals surface area (Å²) in [7, 11) is 0. The molecule has 35 heavy (non-hydrogen) atoms. The van der Waals surface area contributed by atoms with E-state index in [2.05, 4.69) is 20.9 Å².